The first-order chi connectivity index (χ1) is 49.0. The van der Waals surface area contributed by atoms with Gasteiger partial charge < -0.3 is 18.9 Å². The van der Waals surface area contributed by atoms with Gasteiger partial charge in [0.25, 0.3) is 0 Å². The second-order valence-corrected chi connectivity index (χ2v) is 31.6. The molecule has 0 aromatic rings. The molecule has 9 nitrogen and oxygen atoms in total. The van der Waals surface area contributed by atoms with E-state index in [0.29, 0.717) is 23.9 Å². The number of phosphoric acid groups is 1. The zero-order valence-corrected chi connectivity index (χ0v) is 67.6. The Morgan fingerprint density at radius 1 is 0.320 bits per heavy atom. The number of unbranched alkanes of at least 4 members (excludes halogenated alkanes) is 50. The third-order valence-corrected chi connectivity index (χ3v) is 20.1. The van der Waals surface area contributed by atoms with Crippen molar-refractivity contribution < 1.29 is 42.1 Å². The third kappa shape index (κ3) is 83.9. The topological polar surface area (TPSA) is 108 Å². The number of esters is 2. The van der Waals surface area contributed by atoms with Crippen molar-refractivity contribution in [2.75, 3.05) is 47.5 Å². The molecule has 100 heavy (non-hydrogen) atoms. The minimum Gasteiger partial charge on any atom is -0.462 e. The third-order valence-electron chi connectivity index (χ3n) is 19.1. The van der Waals surface area contributed by atoms with Gasteiger partial charge in [-0.1, -0.05) is 400 Å². The summed E-state index contributed by atoms with van der Waals surface area (Å²) in [7, 11) is 1.49. The summed E-state index contributed by atoms with van der Waals surface area (Å²) >= 11 is 0. The molecule has 0 saturated carbocycles. The highest BCUT2D eigenvalue weighted by molar-refractivity contribution is 7.47. The van der Waals surface area contributed by atoms with Crippen molar-refractivity contribution in [1.82, 2.24) is 0 Å². The Hall–Kier alpha value is -3.07. The van der Waals surface area contributed by atoms with Gasteiger partial charge in [-0.15, -0.1) is 0 Å². The van der Waals surface area contributed by atoms with Crippen LogP contribution in [0.4, 0.5) is 0 Å². The average molecular weight is 1420 g/mol. The van der Waals surface area contributed by atoms with Crippen molar-refractivity contribution in [2.45, 2.75) is 418 Å². The molecular weight excluding hydrogens is 1250 g/mol. The molecule has 0 aromatic heterocycles. The highest BCUT2D eigenvalue weighted by Crippen LogP contribution is 2.43. The van der Waals surface area contributed by atoms with Gasteiger partial charge in [0.2, 0.25) is 0 Å². The van der Waals surface area contributed by atoms with E-state index < -0.39 is 26.5 Å². The first-order valence-corrected chi connectivity index (χ1v) is 44.5. The van der Waals surface area contributed by atoms with Gasteiger partial charge >= 0.3 is 19.8 Å². The summed E-state index contributed by atoms with van der Waals surface area (Å²) in [6.45, 7) is 4.37. The predicted octanol–water partition coefficient (Wildman–Crippen LogP) is 29.0. The van der Waals surface area contributed by atoms with Crippen molar-refractivity contribution in [3.8, 4) is 0 Å². The smallest absolute Gasteiger partial charge is 0.462 e. The van der Waals surface area contributed by atoms with Gasteiger partial charge in [0.05, 0.1) is 27.7 Å². The van der Waals surface area contributed by atoms with E-state index in [1.54, 1.807) is 0 Å². The van der Waals surface area contributed by atoms with Crippen LogP contribution in [0.5, 0.6) is 0 Å². The summed E-state index contributed by atoms with van der Waals surface area (Å²) in [4.78, 5) is 36.0. The lowest BCUT2D eigenvalue weighted by atomic mass is 10.0. The maximum atomic E-state index is 12.9. The summed E-state index contributed by atoms with van der Waals surface area (Å²) in [5.74, 6) is -0.783. The van der Waals surface area contributed by atoms with E-state index >= 15 is 0 Å². The fourth-order valence-corrected chi connectivity index (χ4v) is 13.3. The monoisotopic (exact) mass is 1420 g/mol. The number of carbonyl (C=O) groups excluding carboxylic acids is 2. The van der Waals surface area contributed by atoms with Crippen LogP contribution in [0, 0.1) is 0 Å². The zero-order chi connectivity index (χ0) is 72.5. The molecule has 0 heterocycles. The van der Waals surface area contributed by atoms with E-state index in [9.17, 15) is 19.0 Å². The summed E-state index contributed by atoms with van der Waals surface area (Å²) in [5, 5.41) is 0. The van der Waals surface area contributed by atoms with Gasteiger partial charge in [0.1, 0.15) is 19.8 Å². The van der Waals surface area contributed by atoms with Gasteiger partial charge in [-0.05, 0) is 96.3 Å². The maximum Gasteiger partial charge on any atom is 0.472 e. The molecule has 0 bridgehead atoms. The van der Waals surface area contributed by atoms with Gasteiger partial charge in [-0.25, -0.2) is 4.57 Å². The Kier molecular flexibility index (Phi) is 77.6. The number of hydrogen-bond donors (Lipinski definition) is 1. The summed E-state index contributed by atoms with van der Waals surface area (Å²) in [5.41, 5.74) is 0. The molecular formula is C90H165NO8P+. The van der Waals surface area contributed by atoms with Crippen LogP contribution < -0.4 is 0 Å². The Bertz CT molecular complexity index is 2010. The van der Waals surface area contributed by atoms with Crippen molar-refractivity contribution in [1.29, 1.82) is 0 Å². The van der Waals surface area contributed by atoms with E-state index in [4.69, 9.17) is 18.5 Å². The van der Waals surface area contributed by atoms with Crippen molar-refractivity contribution in [3.63, 3.8) is 0 Å². The molecule has 1 N–H and O–H groups in total. The first kappa shape index (κ1) is 96.9. The van der Waals surface area contributed by atoms with Crippen LogP contribution in [-0.2, 0) is 32.7 Å². The lowest BCUT2D eigenvalue weighted by Crippen LogP contribution is -2.37. The minimum atomic E-state index is -4.40. The van der Waals surface area contributed by atoms with Crippen molar-refractivity contribution in [3.05, 3.63) is 97.2 Å². The second kappa shape index (κ2) is 80.0. The molecule has 0 aliphatic carbocycles. The average Bonchev–Trinajstić information content (AvgIpc) is 1.65. The fraction of sp³-hybridized carbons (Fsp3) is 0.800. The molecule has 0 spiro atoms. The Morgan fingerprint density at radius 3 is 0.860 bits per heavy atom. The van der Waals surface area contributed by atoms with Crippen LogP contribution in [0.1, 0.15) is 412 Å². The van der Waals surface area contributed by atoms with Gasteiger partial charge in [-0.2, -0.15) is 0 Å². The number of likely N-dealkylation sites (N-methyl/N-ethyl adjacent to an activating group) is 1. The van der Waals surface area contributed by atoms with E-state index in [1.165, 1.54) is 295 Å². The quantitative estimate of drug-likeness (QED) is 0.0211. The number of phosphoric ester groups is 1. The van der Waals surface area contributed by atoms with Crippen LogP contribution >= 0.6 is 7.82 Å². The molecule has 2 unspecified atom stereocenters. The lowest BCUT2D eigenvalue weighted by Gasteiger charge is -2.24. The fourth-order valence-electron chi connectivity index (χ4n) is 12.6. The zero-order valence-electron chi connectivity index (χ0n) is 66.7. The van der Waals surface area contributed by atoms with E-state index in [1.807, 2.05) is 21.1 Å². The molecule has 0 fully saturated rings. The molecule has 0 rings (SSSR count). The van der Waals surface area contributed by atoms with E-state index in [2.05, 4.69) is 111 Å². The number of allylic oxidation sites excluding steroid dienone is 16. The number of carbonyl (C=O) groups is 2. The Morgan fingerprint density at radius 2 is 0.570 bits per heavy atom. The SMILES string of the molecule is CC/C=C\C/C=C\C/C=C\C/C=C\C/C=C\C/C=C\C/C=C\CCCCCCCCCCCCCCCC(=O)OC(COC(=O)CCCCCCCCCCCCCCCCCCCCCCCCCCCCCCC/C=C\CCCCCCCCCC)COP(=O)(O)OCC[N+](C)(C)C. The van der Waals surface area contributed by atoms with E-state index in [0.717, 1.165) is 83.5 Å². The molecule has 0 aliphatic heterocycles. The summed E-state index contributed by atoms with van der Waals surface area (Å²) in [6.07, 6.45) is 113. The van der Waals surface area contributed by atoms with Crippen LogP contribution in [0.25, 0.3) is 0 Å². The number of nitrogens with zero attached hydrogens (tertiary/aromatic N) is 1. The van der Waals surface area contributed by atoms with Crippen LogP contribution in [0.2, 0.25) is 0 Å². The standard InChI is InChI=1S/C90H164NO8P/c1-6-8-10-12-14-16-18-20-22-24-26-28-30-32-34-36-38-40-42-43-44-45-46-47-49-50-52-54-56-58-60-62-64-66-68-70-72-74-76-78-80-82-89(92)96-86-88(87-98-100(94,95)97-85-84-91(3,4)5)99-90(93)83-81-79-77-75-73-71-69-67-65-63-61-59-57-55-53-51-48-41-39-37-35-33-31-29-27-25-23-21-19-17-15-13-11-9-7-2/h9,11,15,17,21,23-24,26-27,29,33,35,39,41,51,53,88H,6-8,10,12-14,16,18-20,22,25,28,30-32,34,36-38,40,42-50,52,54-87H2,1-5H3/p+1/b11-9-,17-15-,23-21-,26-24-,29-27-,35-33-,41-39-,53-51-. The number of ether oxygens (including phenoxy) is 2. The van der Waals surface area contributed by atoms with E-state index in [-0.39, 0.29) is 25.6 Å². The highest BCUT2D eigenvalue weighted by Gasteiger charge is 2.27. The maximum absolute atomic E-state index is 12.9. The van der Waals surface area contributed by atoms with Crippen molar-refractivity contribution in [2.24, 2.45) is 0 Å². The van der Waals surface area contributed by atoms with Gasteiger partial charge in [0.15, 0.2) is 6.10 Å². The minimum absolute atomic E-state index is 0.0305. The van der Waals surface area contributed by atoms with Crippen molar-refractivity contribution >= 4 is 19.8 Å². The Labute approximate surface area is 621 Å². The molecule has 2 atom stereocenters. The second-order valence-electron chi connectivity index (χ2n) is 30.2. The summed E-state index contributed by atoms with van der Waals surface area (Å²) < 4.78 is 34.9. The van der Waals surface area contributed by atoms with Crippen LogP contribution in [0.3, 0.4) is 0 Å². The highest BCUT2D eigenvalue weighted by atomic mass is 31.2. The largest absolute Gasteiger partial charge is 0.472 e. The summed E-state index contributed by atoms with van der Waals surface area (Å²) in [6, 6.07) is 0. The van der Waals surface area contributed by atoms with Crippen LogP contribution in [0.15, 0.2) is 97.2 Å². The molecule has 0 saturated heterocycles. The molecule has 0 aliphatic rings. The number of quaternary nitrogens is 1. The molecule has 10 heteroatoms. The van der Waals surface area contributed by atoms with Crippen LogP contribution in [-0.4, -0.2) is 74.9 Å². The molecule has 0 aromatic carbocycles. The van der Waals surface area contributed by atoms with Gasteiger partial charge in [-0.3, -0.25) is 18.6 Å². The first-order valence-electron chi connectivity index (χ1n) is 43.0. The normalized spacial score (nSPS) is 13.5. The number of hydrogen-bond acceptors (Lipinski definition) is 7. The number of rotatable bonds is 80. The van der Waals surface area contributed by atoms with Gasteiger partial charge in [0, 0.05) is 12.8 Å². The molecule has 0 radical (unpaired) electrons. The lowest BCUT2D eigenvalue weighted by molar-refractivity contribution is -0.870. The Balaban J connectivity index is 3.90. The predicted molar refractivity (Wildman–Crippen MR) is 436 cm³/mol. The molecule has 0 amide bonds. The molecule has 582 valence electrons.